The van der Waals surface area contributed by atoms with Gasteiger partial charge < -0.3 is 10.0 Å². The highest BCUT2D eigenvalue weighted by Crippen LogP contribution is 2.35. The normalized spacial score (nSPS) is 22.0. The van der Waals surface area contributed by atoms with Crippen LogP contribution in [-0.4, -0.2) is 32.8 Å². The van der Waals surface area contributed by atoms with E-state index in [1.807, 2.05) is 13.0 Å². The van der Waals surface area contributed by atoms with Crippen molar-refractivity contribution in [1.82, 2.24) is 14.6 Å². The first-order valence-corrected chi connectivity index (χ1v) is 10.1. The van der Waals surface area contributed by atoms with Gasteiger partial charge in [0, 0.05) is 17.9 Å². The van der Waals surface area contributed by atoms with E-state index in [2.05, 4.69) is 17.0 Å². The fraction of sp³-hybridized carbons (Fsp3) is 0.474. The Bertz CT molecular complexity index is 922. The molecule has 138 valence electrons. The fourth-order valence-corrected chi connectivity index (χ4v) is 5.14. The molecule has 4 rings (SSSR count). The van der Waals surface area contributed by atoms with Crippen molar-refractivity contribution in [3.05, 3.63) is 46.3 Å². The number of thiazole rings is 1. The van der Waals surface area contributed by atoms with E-state index in [1.54, 1.807) is 12.1 Å². The highest BCUT2D eigenvalue weighted by atomic mass is 32.1. The van der Waals surface area contributed by atoms with Crippen LogP contribution in [0, 0.1) is 11.7 Å². The van der Waals surface area contributed by atoms with Crippen LogP contribution < -0.4 is 4.90 Å². The van der Waals surface area contributed by atoms with Gasteiger partial charge in [0.1, 0.15) is 10.7 Å². The minimum Gasteiger partial charge on any atom is -0.492 e. The van der Waals surface area contributed by atoms with Crippen molar-refractivity contribution in [3.8, 4) is 5.88 Å². The Morgan fingerprint density at radius 3 is 3.00 bits per heavy atom. The second-order valence-corrected chi connectivity index (χ2v) is 8.22. The monoisotopic (exact) mass is 375 g/mol. The van der Waals surface area contributed by atoms with Crippen molar-refractivity contribution >= 4 is 16.3 Å². The first-order valence-electron chi connectivity index (χ1n) is 9.24. The molecule has 1 aromatic carbocycles. The highest BCUT2D eigenvalue weighted by Gasteiger charge is 2.35. The number of fused-ring (bicyclic) bond motifs is 1. The Hall–Kier alpha value is -1.99. The van der Waals surface area contributed by atoms with E-state index >= 15 is 0 Å². The lowest BCUT2D eigenvalue weighted by atomic mass is 9.95. The number of quaternary nitrogens is 1. The van der Waals surface area contributed by atoms with Crippen molar-refractivity contribution in [2.24, 2.45) is 5.92 Å². The van der Waals surface area contributed by atoms with Gasteiger partial charge >= 0.3 is 0 Å². The van der Waals surface area contributed by atoms with E-state index in [0.29, 0.717) is 10.9 Å². The van der Waals surface area contributed by atoms with Crippen LogP contribution in [0.2, 0.25) is 0 Å². The largest absolute Gasteiger partial charge is 0.492 e. The number of halogens is 1. The van der Waals surface area contributed by atoms with E-state index < -0.39 is 0 Å². The molecule has 2 aromatic heterocycles. The Morgan fingerprint density at radius 2 is 2.31 bits per heavy atom. The minimum atomic E-state index is -0.246. The van der Waals surface area contributed by atoms with Crippen molar-refractivity contribution < 1.29 is 14.4 Å². The zero-order valence-corrected chi connectivity index (χ0v) is 15.9. The standard InChI is InChI=1S/C19H23FN4OS/c1-3-15-21-19-24(22-15)18(25)17(26-19)16(13-7-4-8-14(20)10-13)23-9-5-6-12(2)11-23/h4,7-8,10,12,16,25H,3,5-6,9,11H2,1-2H3/p+1/t12-,16+/m0/s1. The number of nitrogens with zero attached hydrogens (tertiary/aromatic N) is 3. The number of aromatic nitrogens is 3. The van der Waals surface area contributed by atoms with Crippen LogP contribution in [0.4, 0.5) is 4.39 Å². The summed E-state index contributed by atoms with van der Waals surface area (Å²) in [5, 5.41) is 15.2. The minimum absolute atomic E-state index is 0.105. The van der Waals surface area contributed by atoms with E-state index in [1.165, 1.54) is 33.2 Å². The molecule has 2 N–H and O–H groups in total. The van der Waals surface area contributed by atoms with Crippen LogP contribution in [0.1, 0.15) is 49.0 Å². The van der Waals surface area contributed by atoms with Gasteiger partial charge in [-0.2, -0.15) is 4.52 Å². The van der Waals surface area contributed by atoms with Gasteiger partial charge in [-0.3, -0.25) is 0 Å². The van der Waals surface area contributed by atoms with Crippen LogP contribution in [0.3, 0.4) is 0 Å². The molecule has 0 amide bonds. The molecule has 26 heavy (non-hydrogen) atoms. The number of rotatable bonds is 4. The molecule has 7 heteroatoms. The molecule has 0 spiro atoms. The molecule has 3 aromatic rings. The molecular weight excluding hydrogens is 351 g/mol. The van der Waals surface area contributed by atoms with Gasteiger partial charge in [-0.25, -0.2) is 9.37 Å². The van der Waals surface area contributed by atoms with Crippen LogP contribution in [0.25, 0.3) is 4.96 Å². The fourth-order valence-electron chi connectivity index (χ4n) is 3.98. The summed E-state index contributed by atoms with van der Waals surface area (Å²) >= 11 is 1.46. The van der Waals surface area contributed by atoms with Gasteiger partial charge in [0.25, 0.3) is 0 Å². The summed E-state index contributed by atoms with van der Waals surface area (Å²) in [5.41, 5.74) is 0.893. The maximum atomic E-state index is 13.9. The SMILES string of the molecule is CCc1nc2sc([C@@H](c3cccc(F)c3)[NH+]3CCC[C@H](C)C3)c(O)n2n1. The summed E-state index contributed by atoms with van der Waals surface area (Å²) in [6.45, 7) is 6.28. The predicted molar refractivity (Wildman–Crippen MR) is 99.2 cm³/mol. The zero-order chi connectivity index (χ0) is 18.3. The third-order valence-electron chi connectivity index (χ3n) is 5.22. The van der Waals surface area contributed by atoms with E-state index in [0.717, 1.165) is 42.2 Å². The Morgan fingerprint density at radius 1 is 1.46 bits per heavy atom. The van der Waals surface area contributed by atoms with Gasteiger partial charge in [-0.05, 0) is 25.0 Å². The van der Waals surface area contributed by atoms with Crippen LogP contribution >= 0.6 is 11.3 Å². The molecule has 3 atom stereocenters. The van der Waals surface area contributed by atoms with Gasteiger partial charge in [-0.15, -0.1) is 5.10 Å². The second-order valence-electron chi connectivity index (χ2n) is 7.21. The topological polar surface area (TPSA) is 54.9 Å². The van der Waals surface area contributed by atoms with Crippen molar-refractivity contribution in [1.29, 1.82) is 0 Å². The Balaban J connectivity index is 1.82. The van der Waals surface area contributed by atoms with Gasteiger partial charge in [0.2, 0.25) is 10.8 Å². The number of piperidine rings is 1. The summed E-state index contributed by atoms with van der Waals surface area (Å²) in [5.74, 6) is 1.23. The third kappa shape index (κ3) is 3.10. The van der Waals surface area contributed by atoms with E-state index in [4.69, 9.17) is 0 Å². The smallest absolute Gasteiger partial charge is 0.235 e. The predicted octanol–water partition coefficient (Wildman–Crippen LogP) is 2.60. The van der Waals surface area contributed by atoms with Gasteiger partial charge in [0.05, 0.1) is 13.1 Å². The second kappa shape index (κ2) is 6.96. The quantitative estimate of drug-likeness (QED) is 0.737. The van der Waals surface area contributed by atoms with Crippen LogP contribution in [0.15, 0.2) is 24.3 Å². The average molecular weight is 375 g/mol. The van der Waals surface area contributed by atoms with Gasteiger partial charge in [-0.1, -0.05) is 37.3 Å². The Labute approximate surface area is 156 Å². The number of nitrogens with one attached hydrogen (secondary N) is 1. The lowest BCUT2D eigenvalue weighted by molar-refractivity contribution is -0.933. The number of likely N-dealkylation sites (tertiary alicyclic amines) is 1. The van der Waals surface area contributed by atoms with Crippen molar-refractivity contribution in [2.75, 3.05) is 13.1 Å². The molecule has 0 radical (unpaired) electrons. The maximum absolute atomic E-state index is 13.9. The Kier molecular flexibility index (Phi) is 4.67. The van der Waals surface area contributed by atoms with Crippen molar-refractivity contribution in [3.63, 3.8) is 0 Å². The summed E-state index contributed by atoms with van der Waals surface area (Å²) in [6, 6.07) is 6.64. The summed E-state index contributed by atoms with van der Waals surface area (Å²) < 4.78 is 15.5. The van der Waals surface area contributed by atoms with E-state index in [9.17, 15) is 9.50 Å². The summed E-state index contributed by atoms with van der Waals surface area (Å²) in [6.07, 6.45) is 3.09. The highest BCUT2D eigenvalue weighted by molar-refractivity contribution is 7.17. The molecule has 5 nitrogen and oxygen atoms in total. The zero-order valence-electron chi connectivity index (χ0n) is 15.1. The number of aromatic hydroxyl groups is 1. The molecule has 0 aliphatic carbocycles. The first-order chi connectivity index (χ1) is 12.6. The molecule has 1 fully saturated rings. The van der Waals surface area contributed by atoms with E-state index in [-0.39, 0.29) is 17.7 Å². The lowest BCUT2D eigenvalue weighted by Gasteiger charge is -2.34. The first kappa shape index (κ1) is 17.4. The number of hydrogen-bond donors (Lipinski definition) is 2. The molecule has 0 saturated carbocycles. The van der Waals surface area contributed by atoms with Crippen LogP contribution in [-0.2, 0) is 6.42 Å². The number of benzene rings is 1. The maximum Gasteiger partial charge on any atom is 0.235 e. The molecular formula is C19H24FN4OS+. The molecule has 0 bridgehead atoms. The molecule has 1 unspecified atom stereocenters. The number of hydrogen-bond acceptors (Lipinski definition) is 4. The molecule has 3 heterocycles. The van der Waals surface area contributed by atoms with Crippen LogP contribution in [0.5, 0.6) is 5.88 Å². The molecule has 1 aliphatic rings. The lowest BCUT2D eigenvalue weighted by Crippen LogP contribution is -3.13. The molecule has 1 saturated heterocycles. The van der Waals surface area contributed by atoms with Crippen molar-refractivity contribution in [2.45, 2.75) is 39.2 Å². The summed E-state index contributed by atoms with van der Waals surface area (Å²) in [7, 11) is 0. The number of aryl methyl sites for hydroxylation is 1. The van der Waals surface area contributed by atoms with Gasteiger partial charge in [0.15, 0.2) is 11.9 Å². The average Bonchev–Trinajstić information content (AvgIpc) is 3.15. The molecule has 1 aliphatic heterocycles. The third-order valence-corrected chi connectivity index (χ3v) is 6.30. The summed E-state index contributed by atoms with van der Waals surface area (Å²) in [4.78, 5) is 7.37.